The lowest BCUT2D eigenvalue weighted by Crippen LogP contribution is -2.31. The van der Waals surface area contributed by atoms with Gasteiger partial charge in [-0.3, -0.25) is 4.79 Å². The van der Waals surface area contributed by atoms with Gasteiger partial charge in [0.1, 0.15) is 5.82 Å². The second kappa shape index (κ2) is 8.44. The van der Waals surface area contributed by atoms with Gasteiger partial charge in [0.2, 0.25) is 5.95 Å². The van der Waals surface area contributed by atoms with Crippen molar-refractivity contribution in [3.8, 4) is 0 Å². The molecule has 8 heteroatoms. The molecular formula is C17H27N5O3. The molecule has 8 nitrogen and oxygen atoms in total. The van der Waals surface area contributed by atoms with Gasteiger partial charge in [0.05, 0.1) is 11.7 Å². The summed E-state index contributed by atoms with van der Waals surface area (Å²) in [6.45, 7) is 1.42. The quantitative estimate of drug-likeness (QED) is 0.714. The molecule has 1 saturated heterocycles. The molecule has 0 aromatic carbocycles. The molecule has 1 aromatic heterocycles. The largest absolute Gasteiger partial charge is 0.381 e. The summed E-state index contributed by atoms with van der Waals surface area (Å²) in [5.41, 5.74) is 5.79. The van der Waals surface area contributed by atoms with E-state index >= 15 is 0 Å². The summed E-state index contributed by atoms with van der Waals surface area (Å²) < 4.78 is 10.8. The molecule has 3 rings (SSSR count). The standard InChI is InChI=1S/C17H27N5O3/c1-24-13-4-2-11(3-5-13)21-17-19-10-14(15(18)23)16(22-17)20-12-6-8-25-9-7-12/h10-13H,2-9H2,1H3,(H2,18,23)(H2,19,20,21,22). The number of aromatic nitrogens is 2. The summed E-state index contributed by atoms with van der Waals surface area (Å²) in [5.74, 6) is 0.504. The van der Waals surface area contributed by atoms with Crippen LogP contribution in [-0.2, 0) is 9.47 Å². The molecule has 0 unspecified atom stereocenters. The van der Waals surface area contributed by atoms with E-state index in [1.807, 2.05) is 0 Å². The number of rotatable bonds is 6. The van der Waals surface area contributed by atoms with E-state index in [0.717, 1.165) is 38.5 Å². The van der Waals surface area contributed by atoms with Crippen LogP contribution in [0.3, 0.4) is 0 Å². The lowest BCUT2D eigenvalue weighted by molar-refractivity contribution is 0.0681. The highest BCUT2D eigenvalue weighted by Gasteiger charge is 2.23. The van der Waals surface area contributed by atoms with Gasteiger partial charge < -0.3 is 25.8 Å². The summed E-state index contributed by atoms with van der Waals surface area (Å²) in [4.78, 5) is 20.5. The van der Waals surface area contributed by atoms with Crippen molar-refractivity contribution in [1.29, 1.82) is 0 Å². The molecule has 0 spiro atoms. The lowest BCUT2D eigenvalue weighted by Gasteiger charge is -2.28. The molecule has 1 aliphatic carbocycles. The maximum absolute atomic E-state index is 11.7. The third kappa shape index (κ3) is 4.79. The number of primary amides is 1. The van der Waals surface area contributed by atoms with Crippen LogP contribution in [0, 0.1) is 0 Å². The Morgan fingerprint density at radius 2 is 1.84 bits per heavy atom. The first-order valence-electron chi connectivity index (χ1n) is 8.96. The van der Waals surface area contributed by atoms with Gasteiger partial charge >= 0.3 is 0 Å². The van der Waals surface area contributed by atoms with Crippen LogP contribution in [0.1, 0.15) is 48.9 Å². The molecule has 25 heavy (non-hydrogen) atoms. The molecule has 0 bridgehead atoms. The van der Waals surface area contributed by atoms with Gasteiger partial charge in [-0.25, -0.2) is 4.98 Å². The van der Waals surface area contributed by atoms with E-state index < -0.39 is 5.91 Å². The number of anilines is 2. The molecule has 2 heterocycles. The summed E-state index contributed by atoms with van der Waals surface area (Å²) >= 11 is 0. The molecule has 138 valence electrons. The van der Waals surface area contributed by atoms with Crippen LogP contribution in [0.25, 0.3) is 0 Å². The Hall–Kier alpha value is -1.93. The van der Waals surface area contributed by atoms with Gasteiger partial charge in [-0.05, 0) is 38.5 Å². The van der Waals surface area contributed by atoms with Crippen LogP contribution < -0.4 is 16.4 Å². The normalized spacial score (nSPS) is 24.7. The number of nitrogens with one attached hydrogen (secondary N) is 2. The monoisotopic (exact) mass is 349 g/mol. The fraction of sp³-hybridized carbons (Fsp3) is 0.706. The number of hydrogen-bond donors (Lipinski definition) is 3. The number of methoxy groups -OCH3 is 1. The van der Waals surface area contributed by atoms with Gasteiger partial charge in [0.25, 0.3) is 5.91 Å². The van der Waals surface area contributed by atoms with Crippen molar-refractivity contribution in [1.82, 2.24) is 9.97 Å². The SMILES string of the molecule is COC1CCC(Nc2ncc(C(N)=O)c(NC3CCOCC3)n2)CC1. The van der Waals surface area contributed by atoms with Crippen molar-refractivity contribution in [3.05, 3.63) is 11.8 Å². The zero-order valence-corrected chi connectivity index (χ0v) is 14.7. The van der Waals surface area contributed by atoms with Gasteiger partial charge in [0.15, 0.2) is 0 Å². The first-order chi connectivity index (χ1) is 12.2. The predicted octanol–water partition coefficient (Wildman–Crippen LogP) is 1.54. The maximum atomic E-state index is 11.7. The van der Waals surface area contributed by atoms with Crippen molar-refractivity contribution in [2.75, 3.05) is 31.0 Å². The average molecular weight is 349 g/mol. The Labute approximate surface area is 147 Å². The van der Waals surface area contributed by atoms with Crippen LogP contribution in [0.4, 0.5) is 11.8 Å². The number of nitrogens with two attached hydrogens (primary N) is 1. The fourth-order valence-electron chi connectivity index (χ4n) is 3.40. The van der Waals surface area contributed by atoms with E-state index in [-0.39, 0.29) is 6.04 Å². The van der Waals surface area contributed by atoms with Gasteiger partial charge in [-0.2, -0.15) is 4.98 Å². The smallest absolute Gasteiger partial charge is 0.254 e. The van der Waals surface area contributed by atoms with E-state index in [0.29, 0.717) is 42.7 Å². The van der Waals surface area contributed by atoms with E-state index in [4.69, 9.17) is 15.2 Å². The lowest BCUT2D eigenvalue weighted by atomic mass is 9.93. The highest BCUT2D eigenvalue weighted by atomic mass is 16.5. The summed E-state index contributed by atoms with van der Waals surface area (Å²) in [6.07, 6.45) is 7.70. The van der Waals surface area contributed by atoms with Crippen LogP contribution >= 0.6 is 0 Å². The average Bonchev–Trinajstić information content (AvgIpc) is 2.63. The fourth-order valence-corrected chi connectivity index (χ4v) is 3.40. The molecule has 1 amide bonds. The molecule has 1 aliphatic heterocycles. The number of amides is 1. The van der Waals surface area contributed by atoms with Crippen LogP contribution in [-0.4, -0.2) is 54.4 Å². The highest BCUT2D eigenvalue weighted by Crippen LogP contribution is 2.24. The zero-order valence-electron chi connectivity index (χ0n) is 14.7. The Balaban J connectivity index is 1.68. The molecule has 4 N–H and O–H groups in total. The highest BCUT2D eigenvalue weighted by molar-refractivity contribution is 5.97. The number of carbonyl (C=O) groups is 1. The molecule has 1 aromatic rings. The van der Waals surface area contributed by atoms with Crippen molar-refractivity contribution < 1.29 is 14.3 Å². The number of nitrogens with zero attached hydrogens (tertiary/aromatic N) is 2. The van der Waals surface area contributed by atoms with Gasteiger partial charge in [0, 0.05) is 38.6 Å². The summed E-state index contributed by atoms with van der Waals surface area (Å²) in [7, 11) is 1.76. The number of hydrogen-bond acceptors (Lipinski definition) is 7. The Bertz CT molecular complexity index is 584. The van der Waals surface area contributed by atoms with E-state index in [1.165, 1.54) is 6.20 Å². The Kier molecular flexibility index (Phi) is 6.04. The molecule has 2 fully saturated rings. The van der Waals surface area contributed by atoms with Gasteiger partial charge in [-0.1, -0.05) is 0 Å². The van der Waals surface area contributed by atoms with Crippen LogP contribution in [0.5, 0.6) is 0 Å². The topological polar surface area (TPSA) is 111 Å². The molecule has 2 aliphatic rings. The maximum Gasteiger partial charge on any atom is 0.254 e. The number of carbonyl (C=O) groups excluding carboxylic acids is 1. The van der Waals surface area contributed by atoms with Crippen molar-refractivity contribution in [2.24, 2.45) is 5.73 Å². The first kappa shape index (κ1) is 17.9. The van der Waals surface area contributed by atoms with Crippen LogP contribution in [0.15, 0.2) is 6.20 Å². The number of ether oxygens (including phenoxy) is 2. The third-order valence-electron chi connectivity index (χ3n) is 4.96. The van der Waals surface area contributed by atoms with E-state index in [9.17, 15) is 4.79 Å². The van der Waals surface area contributed by atoms with Crippen molar-refractivity contribution in [2.45, 2.75) is 56.7 Å². The zero-order chi connectivity index (χ0) is 17.6. The van der Waals surface area contributed by atoms with E-state index in [2.05, 4.69) is 20.6 Å². The second-order valence-corrected chi connectivity index (χ2v) is 6.70. The van der Waals surface area contributed by atoms with Crippen molar-refractivity contribution >= 4 is 17.7 Å². The van der Waals surface area contributed by atoms with Crippen LogP contribution in [0.2, 0.25) is 0 Å². The first-order valence-corrected chi connectivity index (χ1v) is 8.96. The van der Waals surface area contributed by atoms with E-state index in [1.54, 1.807) is 7.11 Å². The minimum atomic E-state index is -0.526. The molecule has 1 saturated carbocycles. The predicted molar refractivity (Wildman–Crippen MR) is 94.7 cm³/mol. The molecule has 0 radical (unpaired) electrons. The summed E-state index contributed by atoms with van der Waals surface area (Å²) in [5, 5.41) is 6.71. The van der Waals surface area contributed by atoms with Crippen molar-refractivity contribution in [3.63, 3.8) is 0 Å². The minimum absolute atomic E-state index is 0.228. The molecular weight excluding hydrogens is 322 g/mol. The minimum Gasteiger partial charge on any atom is -0.381 e. The second-order valence-electron chi connectivity index (χ2n) is 6.70. The third-order valence-corrected chi connectivity index (χ3v) is 4.96. The Morgan fingerprint density at radius 3 is 2.48 bits per heavy atom. The Morgan fingerprint density at radius 1 is 1.16 bits per heavy atom. The van der Waals surface area contributed by atoms with Gasteiger partial charge in [-0.15, -0.1) is 0 Å². The summed E-state index contributed by atoms with van der Waals surface area (Å²) in [6, 6.07) is 0.550. The molecule has 0 atom stereocenters.